The smallest absolute Gasteiger partial charge is 0.305 e. The predicted octanol–water partition coefficient (Wildman–Crippen LogP) is 0.561. The summed E-state index contributed by atoms with van der Waals surface area (Å²) in [7, 11) is 0. The molecule has 1 aromatic rings. The van der Waals surface area contributed by atoms with Gasteiger partial charge in [-0.15, -0.1) is 0 Å². The van der Waals surface area contributed by atoms with Crippen LogP contribution < -0.4 is 5.32 Å². The van der Waals surface area contributed by atoms with Crippen LogP contribution in [0, 0.1) is 0 Å². The fraction of sp³-hybridized carbons (Fsp3) is 0.526. The third kappa shape index (κ3) is 7.03. The summed E-state index contributed by atoms with van der Waals surface area (Å²) < 4.78 is 26.5. The first-order chi connectivity index (χ1) is 14.6. The highest BCUT2D eigenvalue weighted by molar-refractivity contribution is 7.08. The first-order valence-corrected chi connectivity index (χ1v) is 10.2. The number of rotatable bonds is 7. The molecule has 11 nitrogen and oxygen atoms in total. The van der Waals surface area contributed by atoms with Crippen LogP contribution in [0.4, 0.5) is 0 Å². The van der Waals surface area contributed by atoms with Gasteiger partial charge < -0.3 is 29.0 Å². The quantitative estimate of drug-likeness (QED) is 0.455. The molecule has 1 aliphatic heterocycles. The molecule has 1 aromatic heterocycles. The molecule has 0 unspecified atom stereocenters. The van der Waals surface area contributed by atoms with Crippen LogP contribution in [0.25, 0.3) is 0 Å². The molecule has 31 heavy (non-hydrogen) atoms. The van der Waals surface area contributed by atoms with E-state index in [4.69, 9.17) is 23.7 Å². The van der Waals surface area contributed by atoms with Gasteiger partial charge in [-0.25, -0.2) is 0 Å². The minimum absolute atomic E-state index is 0.319. The molecule has 5 atom stereocenters. The van der Waals surface area contributed by atoms with Crippen molar-refractivity contribution in [3.05, 3.63) is 22.4 Å². The van der Waals surface area contributed by atoms with E-state index in [9.17, 15) is 24.0 Å². The molecule has 0 bridgehead atoms. The van der Waals surface area contributed by atoms with Gasteiger partial charge in [0, 0.05) is 38.6 Å². The third-order valence-corrected chi connectivity index (χ3v) is 4.75. The van der Waals surface area contributed by atoms with E-state index in [1.807, 2.05) is 0 Å². The Morgan fingerprint density at radius 1 is 0.935 bits per heavy atom. The number of nitrogens with one attached hydrogen (secondary N) is 1. The second kappa shape index (κ2) is 10.9. The van der Waals surface area contributed by atoms with Crippen LogP contribution in [0.1, 0.15) is 38.1 Å². The summed E-state index contributed by atoms with van der Waals surface area (Å²) in [5, 5.41) is 5.89. The Kier molecular flexibility index (Phi) is 8.51. The zero-order chi connectivity index (χ0) is 23.1. The Hall–Kier alpha value is -2.99. The minimum Gasteiger partial charge on any atom is -0.463 e. The Morgan fingerprint density at radius 3 is 2.06 bits per heavy atom. The molecule has 1 N–H and O–H groups in total. The standard InChI is InChI=1S/C19H23NO10S/c1-9(21)26-7-14-16(27-10(2)22)17(28-11(3)23)15(19(30-14)29-12(4)24)20-18(25)13-5-6-31-8-13/h5-6,8,14-17,19H,7H2,1-4H3,(H,20,25)/t14-,15-,16-,17-,19-/m1/s1. The van der Waals surface area contributed by atoms with Crippen molar-refractivity contribution in [2.45, 2.75) is 58.3 Å². The summed E-state index contributed by atoms with van der Waals surface area (Å²) in [5.74, 6) is -3.40. The Labute approximate surface area is 181 Å². The predicted molar refractivity (Wildman–Crippen MR) is 104 cm³/mol. The van der Waals surface area contributed by atoms with E-state index in [1.54, 1.807) is 16.8 Å². The highest BCUT2D eigenvalue weighted by Crippen LogP contribution is 2.28. The average Bonchev–Trinajstić information content (AvgIpc) is 3.18. The summed E-state index contributed by atoms with van der Waals surface area (Å²) in [5.41, 5.74) is 0.319. The molecule has 1 amide bonds. The molecule has 170 valence electrons. The van der Waals surface area contributed by atoms with E-state index in [0.29, 0.717) is 5.56 Å². The lowest BCUT2D eigenvalue weighted by molar-refractivity contribution is -0.270. The van der Waals surface area contributed by atoms with Gasteiger partial charge in [-0.1, -0.05) is 0 Å². The zero-order valence-electron chi connectivity index (χ0n) is 17.3. The molecular weight excluding hydrogens is 434 g/mol. The van der Waals surface area contributed by atoms with Crippen LogP contribution >= 0.6 is 11.3 Å². The number of carbonyl (C=O) groups is 5. The average molecular weight is 457 g/mol. The maximum absolute atomic E-state index is 12.6. The van der Waals surface area contributed by atoms with E-state index in [0.717, 1.165) is 20.8 Å². The molecule has 0 saturated carbocycles. The minimum atomic E-state index is -1.42. The molecule has 1 fully saturated rings. The van der Waals surface area contributed by atoms with Crippen LogP contribution in [-0.2, 0) is 42.9 Å². The second-order valence-corrected chi connectivity index (χ2v) is 7.39. The molecule has 12 heteroatoms. The van der Waals surface area contributed by atoms with E-state index in [2.05, 4.69) is 5.32 Å². The second-order valence-electron chi connectivity index (χ2n) is 6.61. The maximum Gasteiger partial charge on any atom is 0.305 e. The molecule has 2 heterocycles. The highest BCUT2D eigenvalue weighted by Gasteiger charge is 2.52. The lowest BCUT2D eigenvalue weighted by Crippen LogP contribution is -2.67. The SMILES string of the molecule is CC(=O)OC[C@H]1O[C@@H](OC(C)=O)[C@H](NC(=O)c2ccsc2)[C@@H](OC(C)=O)[C@@H]1OC(C)=O. The lowest BCUT2D eigenvalue weighted by Gasteiger charge is -2.44. The van der Waals surface area contributed by atoms with Crippen molar-refractivity contribution in [1.29, 1.82) is 0 Å². The van der Waals surface area contributed by atoms with Gasteiger partial charge in [-0.2, -0.15) is 11.3 Å². The van der Waals surface area contributed by atoms with Crippen LogP contribution in [0.5, 0.6) is 0 Å². The van der Waals surface area contributed by atoms with Gasteiger partial charge in [0.2, 0.25) is 6.29 Å². The van der Waals surface area contributed by atoms with Gasteiger partial charge in [-0.05, 0) is 11.4 Å². The van der Waals surface area contributed by atoms with Gasteiger partial charge in [-0.3, -0.25) is 24.0 Å². The number of hydrogen-bond donors (Lipinski definition) is 1. The van der Waals surface area contributed by atoms with Crippen LogP contribution in [0.15, 0.2) is 16.8 Å². The topological polar surface area (TPSA) is 144 Å². The Bertz CT molecular complexity index is 824. The van der Waals surface area contributed by atoms with Gasteiger partial charge in [0.15, 0.2) is 12.2 Å². The van der Waals surface area contributed by atoms with Crippen molar-refractivity contribution in [1.82, 2.24) is 5.32 Å². The van der Waals surface area contributed by atoms with Gasteiger partial charge in [0.05, 0.1) is 0 Å². The summed E-state index contributed by atoms with van der Waals surface area (Å²) in [6.07, 6.45) is -5.13. The fourth-order valence-electron chi connectivity index (χ4n) is 2.95. The van der Waals surface area contributed by atoms with Gasteiger partial charge in [0.1, 0.15) is 18.8 Å². The summed E-state index contributed by atoms with van der Waals surface area (Å²) >= 11 is 1.29. The van der Waals surface area contributed by atoms with Gasteiger partial charge in [0.25, 0.3) is 5.91 Å². The van der Waals surface area contributed by atoms with Crippen LogP contribution in [-0.4, -0.2) is 67.0 Å². The van der Waals surface area contributed by atoms with Crippen molar-refractivity contribution < 1.29 is 47.7 Å². The molecule has 0 aliphatic carbocycles. The van der Waals surface area contributed by atoms with Gasteiger partial charge >= 0.3 is 23.9 Å². The normalized spacial score (nSPS) is 25.1. The van der Waals surface area contributed by atoms with Crippen molar-refractivity contribution in [3.8, 4) is 0 Å². The van der Waals surface area contributed by atoms with Crippen molar-refractivity contribution in [3.63, 3.8) is 0 Å². The van der Waals surface area contributed by atoms with Crippen molar-refractivity contribution >= 4 is 41.1 Å². The van der Waals surface area contributed by atoms with E-state index in [1.165, 1.54) is 18.3 Å². The molecule has 1 aliphatic rings. The van der Waals surface area contributed by atoms with Crippen LogP contribution in [0.2, 0.25) is 0 Å². The Balaban J connectivity index is 2.42. The number of esters is 4. The monoisotopic (exact) mass is 457 g/mol. The highest BCUT2D eigenvalue weighted by atomic mass is 32.1. The van der Waals surface area contributed by atoms with Crippen LogP contribution in [0.3, 0.4) is 0 Å². The van der Waals surface area contributed by atoms with E-state index < -0.39 is 60.4 Å². The zero-order valence-corrected chi connectivity index (χ0v) is 18.1. The molecular formula is C19H23NO10S. The van der Waals surface area contributed by atoms with Crippen molar-refractivity contribution in [2.24, 2.45) is 0 Å². The number of thiophene rings is 1. The van der Waals surface area contributed by atoms with Crippen molar-refractivity contribution in [2.75, 3.05) is 6.61 Å². The third-order valence-electron chi connectivity index (χ3n) is 4.06. The largest absolute Gasteiger partial charge is 0.463 e. The Morgan fingerprint density at radius 2 is 1.55 bits per heavy atom. The number of ether oxygens (including phenoxy) is 5. The molecule has 0 spiro atoms. The van der Waals surface area contributed by atoms with E-state index in [-0.39, 0.29) is 6.61 Å². The lowest BCUT2D eigenvalue weighted by atomic mass is 9.95. The number of amides is 1. The maximum atomic E-state index is 12.6. The summed E-state index contributed by atoms with van der Waals surface area (Å²) in [6.45, 7) is 4.17. The molecule has 0 radical (unpaired) electrons. The molecule has 0 aromatic carbocycles. The van der Waals surface area contributed by atoms with E-state index >= 15 is 0 Å². The summed E-state index contributed by atoms with van der Waals surface area (Å²) in [4.78, 5) is 59.0. The number of carbonyl (C=O) groups excluding carboxylic acids is 5. The fourth-order valence-corrected chi connectivity index (χ4v) is 3.58. The molecule has 1 saturated heterocycles. The first kappa shape index (κ1) is 24.3. The molecule has 2 rings (SSSR count). The first-order valence-electron chi connectivity index (χ1n) is 9.22. The number of hydrogen-bond acceptors (Lipinski definition) is 11. The summed E-state index contributed by atoms with van der Waals surface area (Å²) in [6, 6.07) is 0.344.